The molecule has 1 aromatic heterocycles. The van der Waals surface area contributed by atoms with E-state index in [0.29, 0.717) is 5.41 Å². The Labute approximate surface area is 107 Å². The molecule has 0 unspecified atom stereocenters. The van der Waals surface area contributed by atoms with Crippen molar-refractivity contribution in [1.29, 1.82) is 0 Å². The number of thiazole rings is 1. The molecule has 0 spiro atoms. The van der Waals surface area contributed by atoms with Crippen LogP contribution in [0.2, 0.25) is 0 Å². The van der Waals surface area contributed by atoms with Gasteiger partial charge in [0.25, 0.3) is 0 Å². The Morgan fingerprint density at radius 1 is 1.53 bits per heavy atom. The summed E-state index contributed by atoms with van der Waals surface area (Å²) in [6, 6.07) is 0.769. The van der Waals surface area contributed by atoms with Crippen LogP contribution in [0.3, 0.4) is 0 Å². The Kier molecular flexibility index (Phi) is 2.87. The molecule has 2 aliphatic rings. The van der Waals surface area contributed by atoms with E-state index in [1.807, 2.05) is 0 Å². The van der Waals surface area contributed by atoms with Crippen molar-refractivity contribution in [3.05, 3.63) is 11.1 Å². The van der Waals surface area contributed by atoms with Gasteiger partial charge in [-0.05, 0) is 24.7 Å². The lowest BCUT2D eigenvalue weighted by molar-refractivity contribution is 0.418. The van der Waals surface area contributed by atoms with Gasteiger partial charge in [-0.25, -0.2) is 4.98 Å². The van der Waals surface area contributed by atoms with Gasteiger partial charge >= 0.3 is 0 Å². The fourth-order valence-electron chi connectivity index (χ4n) is 2.33. The van der Waals surface area contributed by atoms with Crippen molar-refractivity contribution in [1.82, 2.24) is 10.3 Å². The molecule has 1 saturated heterocycles. The number of hydrogen-bond acceptors (Lipinski definition) is 4. The Bertz CT molecular complexity index is 395. The van der Waals surface area contributed by atoms with Crippen LogP contribution in [0.5, 0.6) is 0 Å². The molecule has 2 fully saturated rings. The lowest BCUT2D eigenvalue weighted by Gasteiger charge is -2.18. The zero-order chi connectivity index (χ0) is 11.9. The van der Waals surface area contributed by atoms with Crippen LogP contribution in [0.25, 0.3) is 0 Å². The van der Waals surface area contributed by atoms with Crippen LogP contribution in [0, 0.1) is 5.41 Å². The third kappa shape index (κ3) is 2.80. The predicted octanol–water partition coefficient (Wildman–Crippen LogP) is 2.63. The van der Waals surface area contributed by atoms with E-state index in [0.717, 1.165) is 25.7 Å². The average Bonchev–Trinajstić information content (AvgIpc) is 2.86. The molecule has 3 rings (SSSR count). The van der Waals surface area contributed by atoms with Crippen LogP contribution in [-0.4, -0.2) is 24.1 Å². The van der Waals surface area contributed by atoms with Gasteiger partial charge in [-0.15, -0.1) is 11.3 Å². The molecule has 1 aromatic rings. The highest BCUT2D eigenvalue weighted by molar-refractivity contribution is 7.13. The maximum absolute atomic E-state index is 4.74. The topological polar surface area (TPSA) is 28.2 Å². The quantitative estimate of drug-likeness (QED) is 0.891. The van der Waals surface area contributed by atoms with Crippen molar-refractivity contribution in [2.24, 2.45) is 5.41 Å². The summed E-state index contributed by atoms with van der Waals surface area (Å²) in [6.07, 6.45) is 3.97. The average molecular weight is 251 g/mol. The van der Waals surface area contributed by atoms with Crippen molar-refractivity contribution in [3.63, 3.8) is 0 Å². The summed E-state index contributed by atoms with van der Waals surface area (Å²) in [4.78, 5) is 7.18. The van der Waals surface area contributed by atoms with Crippen LogP contribution in [0.4, 0.5) is 5.13 Å². The van der Waals surface area contributed by atoms with E-state index in [-0.39, 0.29) is 0 Å². The highest BCUT2D eigenvalue weighted by Gasteiger charge is 2.30. The molecule has 0 bridgehead atoms. The monoisotopic (exact) mass is 251 g/mol. The Morgan fingerprint density at radius 2 is 2.35 bits per heavy atom. The summed E-state index contributed by atoms with van der Waals surface area (Å²) in [5, 5.41) is 6.93. The van der Waals surface area contributed by atoms with Crippen LogP contribution in [0.15, 0.2) is 5.38 Å². The second-order valence-corrected chi connectivity index (χ2v) is 6.95. The maximum Gasteiger partial charge on any atom is 0.185 e. The van der Waals surface area contributed by atoms with Gasteiger partial charge in [0.15, 0.2) is 5.13 Å². The molecule has 0 atom stereocenters. The highest BCUT2D eigenvalue weighted by atomic mass is 32.1. The van der Waals surface area contributed by atoms with Gasteiger partial charge in [0.2, 0.25) is 0 Å². The van der Waals surface area contributed by atoms with E-state index < -0.39 is 0 Å². The first-order chi connectivity index (χ1) is 8.12. The molecule has 0 aromatic carbocycles. The molecular formula is C13H21N3S. The van der Waals surface area contributed by atoms with Crippen LogP contribution in [-0.2, 0) is 6.54 Å². The van der Waals surface area contributed by atoms with Gasteiger partial charge < -0.3 is 10.2 Å². The molecule has 1 aliphatic carbocycles. The first-order valence-corrected chi connectivity index (χ1v) is 7.43. The SMILES string of the molecule is CC1(C)CCN(c2nc(CNC3CC3)cs2)C1. The molecule has 17 heavy (non-hydrogen) atoms. The zero-order valence-corrected chi connectivity index (χ0v) is 11.5. The number of nitrogens with one attached hydrogen (secondary N) is 1. The highest BCUT2D eigenvalue weighted by Crippen LogP contribution is 2.33. The molecule has 94 valence electrons. The number of nitrogens with zero attached hydrogens (tertiary/aromatic N) is 2. The molecule has 0 radical (unpaired) electrons. The Morgan fingerprint density at radius 3 is 3.00 bits per heavy atom. The number of aromatic nitrogens is 1. The minimum Gasteiger partial charge on any atom is -0.348 e. The molecule has 2 heterocycles. The largest absolute Gasteiger partial charge is 0.348 e. The van der Waals surface area contributed by atoms with E-state index >= 15 is 0 Å². The molecule has 3 nitrogen and oxygen atoms in total. The normalized spacial score (nSPS) is 23.3. The number of anilines is 1. The van der Waals surface area contributed by atoms with Crippen molar-refractivity contribution in [2.45, 2.75) is 45.7 Å². The minimum absolute atomic E-state index is 0.456. The summed E-state index contributed by atoms with van der Waals surface area (Å²) in [7, 11) is 0. The summed E-state index contributed by atoms with van der Waals surface area (Å²) in [6.45, 7) is 7.94. The number of rotatable bonds is 4. The lowest BCUT2D eigenvalue weighted by atomic mass is 9.93. The third-order valence-electron chi connectivity index (χ3n) is 3.64. The molecule has 4 heteroatoms. The smallest absolute Gasteiger partial charge is 0.185 e. The van der Waals surface area contributed by atoms with Crippen molar-refractivity contribution in [2.75, 3.05) is 18.0 Å². The van der Waals surface area contributed by atoms with Crippen molar-refractivity contribution < 1.29 is 0 Å². The third-order valence-corrected chi connectivity index (χ3v) is 4.59. The first kappa shape index (κ1) is 11.5. The van der Waals surface area contributed by atoms with Gasteiger partial charge in [0.05, 0.1) is 5.69 Å². The fourth-order valence-corrected chi connectivity index (χ4v) is 3.19. The van der Waals surface area contributed by atoms with E-state index in [9.17, 15) is 0 Å². The van der Waals surface area contributed by atoms with Crippen molar-refractivity contribution in [3.8, 4) is 0 Å². The van der Waals surface area contributed by atoms with E-state index in [1.165, 1.54) is 30.1 Å². The minimum atomic E-state index is 0.456. The van der Waals surface area contributed by atoms with Crippen LogP contribution < -0.4 is 10.2 Å². The Hall–Kier alpha value is -0.610. The first-order valence-electron chi connectivity index (χ1n) is 6.55. The van der Waals surface area contributed by atoms with Gasteiger partial charge in [0.1, 0.15) is 0 Å². The fraction of sp³-hybridized carbons (Fsp3) is 0.769. The second-order valence-electron chi connectivity index (χ2n) is 6.11. The standard InChI is InChI=1S/C13H21N3S/c1-13(2)5-6-16(9-13)12-15-11(8-17-12)7-14-10-3-4-10/h8,10,14H,3-7,9H2,1-2H3. The molecule has 1 saturated carbocycles. The zero-order valence-electron chi connectivity index (χ0n) is 10.7. The molecular weight excluding hydrogens is 230 g/mol. The van der Waals surface area contributed by atoms with Crippen LogP contribution >= 0.6 is 11.3 Å². The summed E-state index contributed by atoms with van der Waals surface area (Å²) < 4.78 is 0. The van der Waals surface area contributed by atoms with E-state index in [1.54, 1.807) is 11.3 Å². The molecule has 1 aliphatic heterocycles. The summed E-state index contributed by atoms with van der Waals surface area (Å²) in [5.41, 5.74) is 1.67. The lowest BCUT2D eigenvalue weighted by Crippen LogP contribution is -2.22. The maximum atomic E-state index is 4.74. The molecule has 0 amide bonds. The van der Waals surface area contributed by atoms with Gasteiger partial charge in [-0.2, -0.15) is 0 Å². The van der Waals surface area contributed by atoms with Crippen molar-refractivity contribution >= 4 is 16.5 Å². The number of hydrogen-bond donors (Lipinski definition) is 1. The van der Waals surface area contributed by atoms with Crippen LogP contribution in [0.1, 0.15) is 38.8 Å². The Balaban J connectivity index is 1.59. The van der Waals surface area contributed by atoms with E-state index in [2.05, 4.69) is 29.4 Å². The summed E-state index contributed by atoms with van der Waals surface area (Å²) in [5.74, 6) is 0. The second kappa shape index (κ2) is 4.25. The summed E-state index contributed by atoms with van der Waals surface area (Å²) >= 11 is 1.79. The molecule has 1 N–H and O–H groups in total. The predicted molar refractivity (Wildman–Crippen MR) is 72.6 cm³/mol. The van der Waals surface area contributed by atoms with Gasteiger partial charge in [0, 0.05) is 31.1 Å². The van der Waals surface area contributed by atoms with E-state index in [4.69, 9.17) is 4.98 Å². The van der Waals surface area contributed by atoms with Gasteiger partial charge in [-0.3, -0.25) is 0 Å². The van der Waals surface area contributed by atoms with Gasteiger partial charge in [-0.1, -0.05) is 13.8 Å².